The molecule has 0 fully saturated rings. The van der Waals surface area contributed by atoms with E-state index in [2.05, 4.69) is 91.8 Å². The largest absolute Gasteiger partial charge is 0.492 e. The van der Waals surface area contributed by atoms with Crippen molar-refractivity contribution in [3.05, 3.63) is 142 Å². The molecule has 0 radical (unpaired) electrons. The molecule has 8 aromatic rings. The maximum Gasteiger partial charge on any atom is 0.260 e. The molecule has 18 heteroatoms. The monoisotopic (exact) mass is 1360 g/mol. The Morgan fingerprint density at radius 2 is 0.500 bits per heavy atom. The molecular weight excluding hydrogens is 1270 g/mol. The van der Waals surface area contributed by atoms with Gasteiger partial charge < -0.3 is 37.9 Å². The zero-order valence-electron chi connectivity index (χ0n) is 57.8. The van der Waals surface area contributed by atoms with Gasteiger partial charge in [0, 0.05) is 54.9 Å². The van der Waals surface area contributed by atoms with E-state index in [1.165, 1.54) is 4.42 Å². The summed E-state index contributed by atoms with van der Waals surface area (Å²) in [4.78, 5) is 40.0. The van der Waals surface area contributed by atoms with Crippen molar-refractivity contribution < 1.29 is 37.9 Å². The van der Waals surface area contributed by atoms with Gasteiger partial charge in [-0.25, -0.2) is 39.4 Å². The summed E-state index contributed by atoms with van der Waals surface area (Å²) in [5, 5.41) is 4.32. The molecule has 5 aliphatic rings. The topological polar surface area (TPSA) is 164 Å². The number of rotatable bonds is 32. The summed E-state index contributed by atoms with van der Waals surface area (Å²) in [5.74, 6) is 5.88. The van der Waals surface area contributed by atoms with Gasteiger partial charge in [0.25, 0.3) is 5.12 Å². The first-order chi connectivity index (χ1) is 48.2. The Labute approximate surface area is 585 Å². The fraction of sp³-hybridized carbons (Fsp3) is 0.412. The van der Waals surface area contributed by atoms with Gasteiger partial charge in [0.2, 0.25) is 0 Å². The maximum atomic E-state index is 8.64. The number of hydrogen-bond acceptors (Lipinski definition) is 16. The molecular formula is C80H88Cl2N8O8. The highest BCUT2D eigenvalue weighted by atomic mass is 35.5. The predicted octanol–water partition coefficient (Wildman–Crippen LogP) is 19.9. The van der Waals surface area contributed by atoms with E-state index in [9.17, 15) is 0 Å². The zero-order chi connectivity index (χ0) is 67.9. The number of alkyl halides is 1. The smallest absolute Gasteiger partial charge is 0.260 e. The van der Waals surface area contributed by atoms with Crippen molar-refractivity contribution in [2.45, 2.75) is 163 Å². The Balaban J connectivity index is 1.24. The van der Waals surface area contributed by atoms with Gasteiger partial charge in [0.15, 0.2) is 40.8 Å². The Morgan fingerprint density at radius 3 is 0.796 bits per heavy atom. The highest BCUT2D eigenvalue weighted by Crippen LogP contribution is 2.56. The third-order valence-corrected chi connectivity index (χ3v) is 18.9. The first-order valence-corrected chi connectivity index (χ1v) is 36.6. The quantitative estimate of drug-likeness (QED) is 0.0173. The van der Waals surface area contributed by atoms with Gasteiger partial charge in [-0.15, -0.1) is 0 Å². The first kappa shape index (κ1) is 67.8. The lowest BCUT2D eigenvalue weighted by Gasteiger charge is -2.24. The predicted molar refractivity (Wildman–Crippen MR) is 400 cm³/mol. The summed E-state index contributed by atoms with van der Waals surface area (Å²) < 4.78 is 58.6. The summed E-state index contributed by atoms with van der Waals surface area (Å²) in [5.41, 5.74) is 4.17. The zero-order valence-corrected chi connectivity index (χ0v) is 59.3. The van der Waals surface area contributed by atoms with Crippen LogP contribution in [0.1, 0.15) is 203 Å². The molecule has 1 atom stereocenters. The van der Waals surface area contributed by atoms with Gasteiger partial charge in [-0.05, 0) is 51.4 Å². The average molecular weight is 1360 g/mol. The second-order valence-corrected chi connectivity index (χ2v) is 26.2. The van der Waals surface area contributed by atoms with Crippen molar-refractivity contribution in [1.29, 1.82) is 0 Å². The SMILES string of the molecule is CCCCOc1c2c(c(OCCCC)c3ccccc13)C1=NC3(Cl)N=C(N=C4N=C(c5c4c(OCCCC)c4ccccc4c5OCCCC)N(Cl)C4=NC(=NC2=N1)c1c4c(OCCCC)c2ccccc2c1OCCCC)c1c3c(OCCCC)c2ccccc2c1OCCCC. The normalized spacial score (nSPS) is 15.7. The summed E-state index contributed by atoms with van der Waals surface area (Å²) >= 11 is 17.1. The van der Waals surface area contributed by atoms with Gasteiger partial charge in [-0.1, -0.05) is 215 Å². The molecule has 98 heavy (non-hydrogen) atoms. The van der Waals surface area contributed by atoms with Gasteiger partial charge in [0.05, 0.1) is 97.4 Å². The Bertz CT molecular complexity index is 4590. The third kappa shape index (κ3) is 12.6. The lowest BCUT2D eigenvalue weighted by molar-refractivity contribution is 0.301. The lowest BCUT2D eigenvalue weighted by atomic mass is 9.95. The van der Waals surface area contributed by atoms with E-state index in [-0.39, 0.29) is 40.8 Å². The van der Waals surface area contributed by atoms with Crippen molar-refractivity contribution in [3.8, 4) is 46.0 Å². The molecule has 0 saturated heterocycles. The number of amidine groups is 7. The second kappa shape index (κ2) is 30.6. The summed E-state index contributed by atoms with van der Waals surface area (Å²) in [6, 6.07) is 32.5. The van der Waals surface area contributed by atoms with Gasteiger partial charge >= 0.3 is 0 Å². The molecule has 13 rings (SSSR count). The van der Waals surface area contributed by atoms with Crippen LogP contribution in [0.5, 0.6) is 46.0 Å². The highest BCUT2D eigenvalue weighted by molar-refractivity contribution is 6.46. The Kier molecular flexibility index (Phi) is 21.2. The molecule has 0 amide bonds. The fourth-order valence-corrected chi connectivity index (χ4v) is 13.7. The highest BCUT2D eigenvalue weighted by Gasteiger charge is 2.49. The van der Waals surface area contributed by atoms with Crippen LogP contribution >= 0.6 is 23.4 Å². The number of unbranched alkanes of at least 4 members (excludes halogenated alkanes) is 8. The van der Waals surface area contributed by atoms with E-state index in [0.29, 0.717) is 143 Å². The Morgan fingerprint density at radius 1 is 0.286 bits per heavy atom. The third-order valence-electron chi connectivity index (χ3n) is 18.3. The lowest BCUT2D eigenvalue weighted by Crippen LogP contribution is -2.29. The van der Waals surface area contributed by atoms with Crippen molar-refractivity contribution in [3.63, 3.8) is 0 Å². The first-order valence-electron chi connectivity index (χ1n) is 35.8. The molecule has 8 bridgehead atoms. The van der Waals surface area contributed by atoms with Crippen LogP contribution < -0.4 is 37.9 Å². The summed E-state index contributed by atoms with van der Waals surface area (Å²) in [7, 11) is 0. The van der Waals surface area contributed by atoms with Crippen molar-refractivity contribution in [2.75, 3.05) is 52.9 Å². The van der Waals surface area contributed by atoms with Crippen LogP contribution in [-0.2, 0) is 5.12 Å². The summed E-state index contributed by atoms with van der Waals surface area (Å²) in [6.45, 7) is 20.3. The molecule has 5 heterocycles. The minimum atomic E-state index is -2.07. The van der Waals surface area contributed by atoms with Crippen LogP contribution in [0.25, 0.3) is 43.1 Å². The van der Waals surface area contributed by atoms with Crippen molar-refractivity contribution in [1.82, 2.24) is 4.42 Å². The minimum Gasteiger partial charge on any atom is -0.492 e. The number of aliphatic imine (C=N–C) groups is 7. The number of halogens is 2. The van der Waals surface area contributed by atoms with E-state index < -0.39 is 5.12 Å². The molecule has 0 N–H and O–H groups in total. The molecule has 0 aliphatic carbocycles. The van der Waals surface area contributed by atoms with Crippen LogP contribution in [0.3, 0.4) is 0 Å². The van der Waals surface area contributed by atoms with E-state index in [1.807, 2.05) is 60.7 Å². The van der Waals surface area contributed by atoms with E-state index in [0.717, 1.165) is 146 Å². The molecule has 0 aromatic heterocycles. The fourth-order valence-electron chi connectivity index (χ4n) is 13.1. The van der Waals surface area contributed by atoms with E-state index in [4.69, 9.17) is 96.2 Å². The average Bonchev–Trinajstić information content (AvgIpc) is 1.54. The minimum absolute atomic E-state index is 0.178. The van der Waals surface area contributed by atoms with E-state index in [1.54, 1.807) is 0 Å². The van der Waals surface area contributed by atoms with Gasteiger partial charge in [-0.3, -0.25) is 0 Å². The van der Waals surface area contributed by atoms with Gasteiger partial charge in [0.1, 0.15) is 46.0 Å². The number of ether oxygens (including phenoxy) is 8. The van der Waals surface area contributed by atoms with Gasteiger partial charge in [-0.2, -0.15) is 0 Å². The van der Waals surface area contributed by atoms with Crippen molar-refractivity contribution >= 4 is 107 Å². The molecule has 0 spiro atoms. The number of fused-ring (bicyclic) bond motifs is 20. The van der Waals surface area contributed by atoms with E-state index >= 15 is 0 Å². The number of hydrogen-bond donors (Lipinski definition) is 0. The maximum absolute atomic E-state index is 8.64. The number of benzene rings is 8. The molecule has 5 aliphatic heterocycles. The molecule has 510 valence electrons. The van der Waals surface area contributed by atoms with Crippen LogP contribution in [-0.4, -0.2) is 98.1 Å². The Hall–Kier alpha value is -8.73. The molecule has 0 saturated carbocycles. The number of nitrogens with zero attached hydrogens (tertiary/aromatic N) is 8. The summed E-state index contributed by atoms with van der Waals surface area (Å²) in [6.07, 6.45) is 13.3. The van der Waals surface area contributed by atoms with Crippen molar-refractivity contribution in [2.24, 2.45) is 34.9 Å². The standard InChI is InChI=1S/C80H88Cl2N8O8/c1-9-17-41-91-65-49-33-25-26-34-50(49)66(92-42-18-10-2)58-57(65)73-83-74-59-61(69(95-45-21-13-5)53-37-29-27-35-51(53)67(59)93-43-19-11-3)78(86-74)90(82)79-62-60(68(94-44-20-12-4)52-36-28-30-38-54(52)70(62)96-46-22-14-6)75(87-79)85-77-63-64(80(81,89-77)88-76(58)84-73)72(98-48-24-16-8)56-40-32-31-39-55(56)71(63)97-47-23-15-7/h25-40H,9-24,41-48H2,1-8H3. The van der Waals surface area contributed by atoms with Crippen LogP contribution in [0, 0.1) is 0 Å². The van der Waals surface area contributed by atoms with Crippen LogP contribution in [0.2, 0.25) is 0 Å². The molecule has 8 aromatic carbocycles. The van der Waals surface area contributed by atoms with Crippen LogP contribution in [0.4, 0.5) is 0 Å². The van der Waals surface area contributed by atoms with Crippen LogP contribution in [0.15, 0.2) is 132 Å². The molecule has 1 unspecified atom stereocenters. The second-order valence-electron chi connectivity index (χ2n) is 25.3. The molecule has 16 nitrogen and oxygen atoms in total.